The van der Waals surface area contributed by atoms with Gasteiger partial charge < -0.3 is 4.74 Å². The van der Waals surface area contributed by atoms with Gasteiger partial charge in [0, 0.05) is 17.1 Å². The molecule has 9 heteroatoms. The highest BCUT2D eigenvalue weighted by Gasteiger charge is 2.32. The maximum atomic E-state index is 6.04. The van der Waals surface area contributed by atoms with Gasteiger partial charge >= 0.3 is 0 Å². The van der Waals surface area contributed by atoms with Crippen molar-refractivity contribution in [2.24, 2.45) is 0 Å². The summed E-state index contributed by atoms with van der Waals surface area (Å²) in [4.78, 5) is 7.07. The molecule has 0 atom stereocenters. The van der Waals surface area contributed by atoms with Crippen molar-refractivity contribution < 1.29 is 4.74 Å². The van der Waals surface area contributed by atoms with Gasteiger partial charge in [-0.15, -0.1) is 33.2 Å². The largest absolute Gasteiger partial charge is 0.370 e. The second-order valence-corrected chi connectivity index (χ2v) is 9.09. The summed E-state index contributed by atoms with van der Waals surface area (Å²) in [5, 5.41) is 15.4. The van der Waals surface area contributed by atoms with Gasteiger partial charge in [0.25, 0.3) is 5.78 Å². The summed E-state index contributed by atoms with van der Waals surface area (Å²) in [7, 11) is 0. The van der Waals surface area contributed by atoms with Gasteiger partial charge in [0.15, 0.2) is 10.8 Å². The van der Waals surface area contributed by atoms with Crippen LogP contribution >= 0.6 is 23.1 Å². The zero-order chi connectivity index (χ0) is 18.1. The molecule has 4 aromatic rings. The first-order chi connectivity index (χ1) is 12.5. The highest BCUT2D eigenvalue weighted by atomic mass is 32.2. The van der Waals surface area contributed by atoms with E-state index in [9.17, 15) is 0 Å². The van der Waals surface area contributed by atoms with Crippen molar-refractivity contribution in [3.8, 4) is 0 Å². The number of ether oxygens (including phenoxy) is 1. The average molecular weight is 387 g/mol. The van der Waals surface area contributed by atoms with Crippen LogP contribution in [-0.4, -0.2) is 40.6 Å². The number of rotatable bonds is 3. The third-order valence-electron chi connectivity index (χ3n) is 4.54. The lowest BCUT2D eigenvalue weighted by Crippen LogP contribution is -2.31. The second-order valence-electron chi connectivity index (χ2n) is 7.02. The minimum Gasteiger partial charge on any atom is -0.370 e. The Kier molecular flexibility index (Phi) is 3.44. The average Bonchev–Trinajstić information content (AvgIpc) is 3.25. The van der Waals surface area contributed by atoms with E-state index in [2.05, 4.69) is 40.1 Å². The van der Waals surface area contributed by atoms with Gasteiger partial charge in [0.1, 0.15) is 10.7 Å². The van der Waals surface area contributed by atoms with E-state index in [1.165, 1.54) is 10.4 Å². The quantitative estimate of drug-likeness (QED) is 0.397. The maximum Gasteiger partial charge on any atom is 0.260 e. The molecule has 0 aromatic carbocycles. The van der Waals surface area contributed by atoms with Crippen LogP contribution in [0.3, 0.4) is 0 Å². The first-order valence-electron chi connectivity index (χ1n) is 8.41. The van der Waals surface area contributed by atoms with Crippen LogP contribution in [0.15, 0.2) is 17.8 Å². The van der Waals surface area contributed by atoms with E-state index in [1.807, 2.05) is 17.5 Å². The van der Waals surface area contributed by atoms with E-state index < -0.39 is 0 Å². The third-order valence-corrected chi connectivity index (χ3v) is 6.66. The van der Waals surface area contributed by atoms with Crippen molar-refractivity contribution in [2.75, 3.05) is 5.75 Å². The van der Waals surface area contributed by atoms with Crippen LogP contribution in [0.5, 0.6) is 0 Å². The highest BCUT2D eigenvalue weighted by molar-refractivity contribution is 7.99. The summed E-state index contributed by atoms with van der Waals surface area (Å²) in [5.41, 5.74) is 1.98. The lowest BCUT2D eigenvalue weighted by atomic mass is 9.94. The van der Waals surface area contributed by atoms with Crippen LogP contribution in [0, 0.1) is 6.92 Å². The summed E-state index contributed by atoms with van der Waals surface area (Å²) in [6.07, 6.45) is 2.73. The summed E-state index contributed by atoms with van der Waals surface area (Å²) < 4.78 is 9.95. The molecule has 0 saturated carbocycles. The Morgan fingerprint density at radius 3 is 3.04 bits per heavy atom. The molecule has 26 heavy (non-hydrogen) atoms. The Morgan fingerprint density at radius 2 is 2.23 bits per heavy atom. The van der Waals surface area contributed by atoms with E-state index in [-0.39, 0.29) is 5.60 Å². The maximum absolute atomic E-state index is 6.04. The van der Waals surface area contributed by atoms with Gasteiger partial charge in [-0.2, -0.15) is 4.52 Å². The Balaban J connectivity index is 1.93. The van der Waals surface area contributed by atoms with Crippen molar-refractivity contribution in [3.05, 3.63) is 28.9 Å². The molecule has 0 fully saturated rings. The molecule has 0 bridgehead atoms. The second kappa shape index (κ2) is 5.51. The monoisotopic (exact) mass is 386 g/mol. The number of aryl methyl sites for hydroxylation is 1. The van der Waals surface area contributed by atoms with Crippen LogP contribution in [0.1, 0.15) is 30.1 Å². The van der Waals surface area contributed by atoms with Crippen LogP contribution in [0.4, 0.5) is 0 Å². The fraction of sp³-hybridized carbons (Fsp3) is 0.412. The molecule has 7 nitrogen and oxygen atoms in total. The number of fused-ring (bicyclic) bond motifs is 8. The van der Waals surface area contributed by atoms with E-state index in [1.54, 1.807) is 23.1 Å². The first kappa shape index (κ1) is 16.2. The predicted molar refractivity (Wildman–Crippen MR) is 103 cm³/mol. The van der Waals surface area contributed by atoms with Crippen molar-refractivity contribution in [3.63, 3.8) is 0 Å². The van der Waals surface area contributed by atoms with Crippen LogP contribution in [-0.2, 0) is 17.8 Å². The zero-order valence-electron chi connectivity index (χ0n) is 14.8. The minimum absolute atomic E-state index is 0.185. The Hall–Kier alpha value is -1.97. The molecule has 0 spiro atoms. The Morgan fingerprint density at radius 1 is 1.38 bits per heavy atom. The van der Waals surface area contributed by atoms with Gasteiger partial charge in [-0.05, 0) is 26.3 Å². The summed E-state index contributed by atoms with van der Waals surface area (Å²) in [6.45, 7) is 10.6. The van der Waals surface area contributed by atoms with Crippen molar-refractivity contribution in [2.45, 2.75) is 44.6 Å². The van der Waals surface area contributed by atoms with Crippen molar-refractivity contribution in [1.82, 2.24) is 29.2 Å². The van der Waals surface area contributed by atoms with Crippen LogP contribution in [0.25, 0.3) is 21.6 Å². The normalized spacial score (nSPS) is 16.6. The SMILES string of the molecule is C=CCSc1nnc2n3nc(C)nc3c3c4c(sc3n12)COC(C)(C)C4. The molecule has 0 radical (unpaired) electrons. The number of nitrogens with zero attached hydrogens (tertiary/aromatic N) is 6. The van der Waals surface area contributed by atoms with E-state index in [0.29, 0.717) is 12.4 Å². The molecule has 5 rings (SSSR count). The summed E-state index contributed by atoms with van der Waals surface area (Å²) in [5.74, 6) is 2.20. The molecule has 0 unspecified atom stereocenters. The number of hydrogen-bond donors (Lipinski definition) is 0. The molecular weight excluding hydrogens is 368 g/mol. The predicted octanol–water partition coefficient (Wildman–Crippen LogP) is 3.42. The number of aromatic nitrogens is 6. The molecule has 1 aliphatic heterocycles. The lowest BCUT2D eigenvalue weighted by molar-refractivity contribution is -0.0379. The smallest absolute Gasteiger partial charge is 0.260 e. The summed E-state index contributed by atoms with van der Waals surface area (Å²) >= 11 is 3.36. The Labute approximate surface area is 158 Å². The zero-order valence-corrected chi connectivity index (χ0v) is 16.4. The van der Waals surface area contributed by atoms with Crippen LogP contribution in [0.2, 0.25) is 0 Å². The molecule has 0 N–H and O–H groups in total. The fourth-order valence-corrected chi connectivity index (χ4v) is 5.40. The minimum atomic E-state index is -0.185. The van der Waals surface area contributed by atoms with Crippen molar-refractivity contribution >= 4 is 44.7 Å². The topological polar surface area (TPSA) is 69.6 Å². The fourth-order valence-electron chi connectivity index (χ4n) is 3.45. The molecule has 4 aromatic heterocycles. The van der Waals surface area contributed by atoms with Gasteiger partial charge in [-0.1, -0.05) is 17.8 Å². The number of thioether (sulfide) groups is 1. The highest BCUT2D eigenvalue weighted by Crippen LogP contribution is 2.41. The Bertz CT molecular complexity index is 1180. The molecular formula is C17H18N6OS2. The van der Waals surface area contributed by atoms with Crippen LogP contribution < -0.4 is 0 Å². The number of hydrogen-bond acceptors (Lipinski definition) is 7. The van der Waals surface area contributed by atoms with E-state index in [0.717, 1.165) is 39.0 Å². The molecule has 0 saturated heterocycles. The first-order valence-corrected chi connectivity index (χ1v) is 10.2. The summed E-state index contributed by atoms with van der Waals surface area (Å²) in [6, 6.07) is 0. The van der Waals surface area contributed by atoms with Gasteiger partial charge in [-0.25, -0.2) is 9.38 Å². The van der Waals surface area contributed by atoms with Gasteiger partial charge in [-0.3, -0.25) is 0 Å². The molecule has 5 heterocycles. The van der Waals surface area contributed by atoms with Gasteiger partial charge in [0.2, 0.25) is 0 Å². The molecule has 1 aliphatic rings. The van der Waals surface area contributed by atoms with Crippen molar-refractivity contribution in [1.29, 1.82) is 0 Å². The molecule has 134 valence electrons. The van der Waals surface area contributed by atoms with E-state index in [4.69, 9.17) is 9.72 Å². The standard InChI is InChI=1S/C17H18N6OS2/c1-5-6-25-16-20-19-15-22(16)14-12(13-18-9(2)21-23(13)15)10-7-17(3,4)24-8-11(10)26-14/h5H,1,6-8H2,2-4H3. The lowest BCUT2D eigenvalue weighted by Gasteiger charge is -2.30. The van der Waals surface area contributed by atoms with E-state index >= 15 is 0 Å². The molecule has 0 aliphatic carbocycles. The molecule has 0 amide bonds. The number of thiophene rings is 1. The van der Waals surface area contributed by atoms with Gasteiger partial charge in [0.05, 0.1) is 17.6 Å². The third kappa shape index (κ3) is 2.23.